The van der Waals surface area contributed by atoms with Crippen molar-refractivity contribution < 1.29 is 4.92 Å². The third kappa shape index (κ3) is 5.94. The van der Waals surface area contributed by atoms with Crippen LogP contribution in [0.1, 0.15) is 42.3 Å². The first-order valence-corrected chi connectivity index (χ1v) is 12.4. The Morgan fingerprint density at radius 3 is 2.40 bits per heavy atom. The van der Waals surface area contributed by atoms with E-state index < -0.39 is 4.92 Å². The van der Waals surface area contributed by atoms with Gasteiger partial charge in [0.15, 0.2) is 5.16 Å². The van der Waals surface area contributed by atoms with Crippen LogP contribution in [0.25, 0.3) is 11.1 Å². The van der Waals surface area contributed by atoms with Crippen LogP contribution in [0.4, 0.5) is 5.69 Å². The van der Waals surface area contributed by atoms with Gasteiger partial charge in [0.1, 0.15) is 5.82 Å². The quantitative estimate of drug-likeness (QED) is 0.147. The first kappa shape index (κ1) is 24.2. The Kier molecular flexibility index (Phi) is 7.91. The summed E-state index contributed by atoms with van der Waals surface area (Å²) in [6.07, 6.45) is 2.97. The smallest absolute Gasteiger partial charge is 0.269 e. The van der Waals surface area contributed by atoms with Crippen LogP contribution in [-0.2, 0) is 18.7 Å². The van der Waals surface area contributed by atoms with Crippen molar-refractivity contribution in [3.8, 4) is 17.2 Å². The van der Waals surface area contributed by atoms with Crippen LogP contribution in [0.15, 0.2) is 78.0 Å². The predicted octanol–water partition coefficient (Wildman–Crippen LogP) is 6.41. The zero-order chi connectivity index (χ0) is 24.6. The number of thioether (sulfide) groups is 1. The lowest BCUT2D eigenvalue weighted by Crippen LogP contribution is -2.07. The Bertz CT molecular complexity index is 1340. The van der Waals surface area contributed by atoms with E-state index in [1.807, 2.05) is 36.4 Å². The van der Waals surface area contributed by atoms with E-state index in [2.05, 4.69) is 39.9 Å². The minimum absolute atomic E-state index is 0.0876. The van der Waals surface area contributed by atoms with E-state index >= 15 is 0 Å². The summed E-state index contributed by atoms with van der Waals surface area (Å²) in [7, 11) is 0. The van der Waals surface area contributed by atoms with Gasteiger partial charge in [-0.25, -0.2) is 0 Å². The number of unbranched alkanes of at least 4 members (excludes halogenated alkanes) is 1. The van der Waals surface area contributed by atoms with Crippen LogP contribution in [0.5, 0.6) is 0 Å². The SMILES string of the molecule is CCCCc1nnc(SCc2ccc([N+](=O)[O-])cc2)n1Cc1ccc(-c2ccccc2C#N)cc1. The summed E-state index contributed by atoms with van der Waals surface area (Å²) in [4.78, 5) is 10.5. The molecule has 4 aromatic rings. The first-order valence-electron chi connectivity index (χ1n) is 11.5. The van der Waals surface area contributed by atoms with E-state index in [1.54, 1.807) is 23.9 Å². The van der Waals surface area contributed by atoms with Gasteiger partial charge in [-0.2, -0.15) is 5.26 Å². The van der Waals surface area contributed by atoms with Gasteiger partial charge in [-0.3, -0.25) is 10.1 Å². The molecule has 0 saturated heterocycles. The molecule has 1 heterocycles. The van der Waals surface area contributed by atoms with Crippen molar-refractivity contribution >= 4 is 17.4 Å². The minimum atomic E-state index is -0.391. The van der Waals surface area contributed by atoms with Crippen LogP contribution in [0.2, 0.25) is 0 Å². The molecule has 0 spiro atoms. The number of benzene rings is 3. The van der Waals surface area contributed by atoms with E-state index in [9.17, 15) is 15.4 Å². The molecule has 7 nitrogen and oxygen atoms in total. The number of nitro groups is 1. The zero-order valence-electron chi connectivity index (χ0n) is 19.4. The second kappa shape index (κ2) is 11.4. The lowest BCUT2D eigenvalue weighted by Gasteiger charge is -2.11. The average Bonchev–Trinajstić information content (AvgIpc) is 3.27. The number of aryl methyl sites for hydroxylation is 1. The molecule has 0 unspecified atom stereocenters. The lowest BCUT2D eigenvalue weighted by atomic mass is 9.99. The van der Waals surface area contributed by atoms with Crippen LogP contribution < -0.4 is 0 Å². The summed E-state index contributed by atoms with van der Waals surface area (Å²) in [5.41, 5.74) is 4.79. The molecule has 8 heteroatoms. The Hall–Kier alpha value is -3.96. The molecule has 0 amide bonds. The summed E-state index contributed by atoms with van der Waals surface area (Å²) in [6, 6.07) is 24.7. The molecule has 0 radical (unpaired) electrons. The van der Waals surface area contributed by atoms with Gasteiger partial charge < -0.3 is 4.57 Å². The van der Waals surface area contributed by atoms with Crippen LogP contribution in [0, 0.1) is 21.4 Å². The standard InChI is InChI=1S/C27H25N5O2S/c1-2-3-8-26-29-30-27(35-19-21-11-15-24(16-12-21)32(33)34)31(26)18-20-9-13-22(14-10-20)25-7-5-4-6-23(25)17-28/h4-7,9-16H,2-3,8,18-19H2,1H3. The number of hydrogen-bond acceptors (Lipinski definition) is 6. The fourth-order valence-electron chi connectivity index (χ4n) is 3.77. The fourth-order valence-corrected chi connectivity index (χ4v) is 4.68. The molecule has 0 bridgehead atoms. The highest BCUT2D eigenvalue weighted by Gasteiger charge is 2.14. The molecule has 0 aliphatic carbocycles. The molecule has 1 aromatic heterocycles. The van der Waals surface area contributed by atoms with Crippen molar-refractivity contribution in [2.24, 2.45) is 0 Å². The van der Waals surface area contributed by atoms with Crippen molar-refractivity contribution in [2.75, 3.05) is 0 Å². The van der Waals surface area contributed by atoms with Crippen molar-refractivity contribution in [1.29, 1.82) is 5.26 Å². The average molecular weight is 484 g/mol. The maximum absolute atomic E-state index is 10.9. The van der Waals surface area contributed by atoms with Gasteiger partial charge >= 0.3 is 0 Å². The van der Waals surface area contributed by atoms with Gasteiger partial charge in [0, 0.05) is 24.3 Å². The molecule has 0 saturated carbocycles. The normalized spacial score (nSPS) is 10.7. The predicted molar refractivity (Wildman–Crippen MR) is 137 cm³/mol. The molecular formula is C27H25N5O2S. The molecule has 0 aliphatic heterocycles. The topological polar surface area (TPSA) is 97.6 Å². The number of aromatic nitrogens is 3. The van der Waals surface area contributed by atoms with Gasteiger partial charge in [0.05, 0.1) is 23.1 Å². The third-order valence-electron chi connectivity index (χ3n) is 5.72. The van der Waals surface area contributed by atoms with Crippen LogP contribution in [0.3, 0.4) is 0 Å². The van der Waals surface area contributed by atoms with Crippen molar-refractivity contribution in [1.82, 2.24) is 14.8 Å². The second-order valence-electron chi connectivity index (χ2n) is 8.16. The molecule has 0 fully saturated rings. The lowest BCUT2D eigenvalue weighted by molar-refractivity contribution is -0.384. The summed E-state index contributed by atoms with van der Waals surface area (Å²) >= 11 is 1.58. The number of nitrogens with zero attached hydrogens (tertiary/aromatic N) is 5. The van der Waals surface area contributed by atoms with E-state index in [-0.39, 0.29) is 5.69 Å². The Labute approximate surface area is 208 Å². The van der Waals surface area contributed by atoms with Gasteiger partial charge in [0.25, 0.3) is 5.69 Å². The summed E-state index contributed by atoms with van der Waals surface area (Å²) in [5, 5.41) is 30.0. The van der Waals surface area contributed by atoms with Gasteiger partial charge in [-0.15, -0.1) is 10.2 Å². The molecule has 4 rings (SSSR count). The van der Waals surface area contributed by atoms with E-state index in [4.69, 9.17) is 0 Å². The number of rotatable bonds is 10. The Morgan fingerprint density at radius 1 is 1.00 bits per heavy atom. The molecular weight excluding hydrogens is 458 g/mol. The minimum Gasteiger partial charge on any atom is -0.302 e. The zero-order valence-corrected chi connectivity index (χ0v) is 20.2. The molecule has 0 atom stereocenters. The maximum atomic E-state index is 10.9. The highest BCUT2D eigenvalue weighted by atomic mass is 32.2. The molecule has 35 heavy (non-hydrogen) atoms. The van der Waals surface area contributed by atoms with E-state index in [0.29, 0.717) is 17.9 Å². The van der Waals surface area contributed by atoms with Crippen molar-refractivity contribution in [3.63, 3.8) is 0 Å². The first-order chi connectivity index (χ1) is 17.1. The van der Waals surface area contributed by atoms with Crippen LogP contribution >= 0.6 is 11.8 Å². The maximum Gasteiger partial charge on any atom is 0.269 e. The monoisotopic (exact) mass is 483 g/mol. The molecule has 0 aliphatic rings. The van der Waals surface area contributed by atoms with Gasteiger partial charge in [-0.05, 0) is 34.7 Å². The fraction of sp³-hybridized carbons (Fsp3) is 0.222. The second-order valence-corrected chi connectivity index (χ2v) is 9.10. The third-order valence-corrected chi connectivity index (χ3v) is 6.75. The molecule has 3 aromatic carbocycles. The Morgan fingerprint density at radius 2 is 1.71 bits per heavy atom. The van der Waals surface area contributed by atoms with Gasteiger partial charge in [0.2, 0.25) is 0 Å². The largest absolute Gasteiger partial charge is 0.302 e. The number of nitro benzene ring substituents is 1. The molecule has 0 N–H and O–H groups in total. The van der Waals surface area contributed by atoms with Crippen molar-refractivity contribution in [3.05, 3.63) is 105 Å². The highest BCUT2D eigenvalue weighted by Crippen LogP contribution is 2.27. The Balaban J connectivity index is 1.53. The number of hydrogen-bond donors (Lipinski definition) is 0. The molecule has 176 valence electrons. The van der Waals surface area contributed by atoms with E-state index in [0.717, 1.165) is 52.5 Å². The number of non-ortho nitro benzene ring substituents is 1. The van der Waals surface area contributed by atoms with Crippen LogP contribution in [-0.4, -0.2) is 19.7 Å². The van der Waals surface area contributed by atoms with E-state index in [1.165, 1.54) is 12.1 Å². The summed E-state index contributed by atoms with van der Waals surface area (Å²) in [5.74, 6) is 1.60. The highest BCUT2D eigenvalue weighted by molar-refractivity contribution is 7.98. The number of nitriles is 1. The van der Waals surface area contributed by atoms with Crippen molar-refractivity contribution in [2.45, 2.75) is 43.6 Å². The summed E-state index contributed by atoms with van der Waals surface area (Å²) in [6.45, 7) is 2.80. The summed E-state index contributed by atoms with van der Waals surface area (Å²) < 4.78 is 2.16. The van der Waals surface area contributed by atoms with Gasteiger partial charge in [-0.1, -0.05) is 79.7 Å².